The van der Waals surface area contributed by atoms with E-state index in [1.54, 1.807) is 13.8 Å². The van der Waals surface area contributed by atoms with Crippen LogP contribution in [0.5, 0.6) is 0 Å². The Balaban J connectivity index is 4.30. The van der Waals surface area contributed by atoms with Crippen molar-refractivity contribution >= 4 is 10.4 Å². The summed E-state index contributed by atoms with van der Waals surface area (Å²) < 4.78 is 39.6. The molecule has 0 aromatic heterocycles. The molecule has 0 unspecified atom stereocenters. The van der Waals surface area contributed by atoms with Crippen LogP contribution >= 0.6 is 0 Å². The minimum Gasteiger partial charge on any atom is -0.326 e. The van der Waals surface area contributed by atoms with Crippen LogP contribution in [0, 0.1) is 0 Å². The average Bonchev–Trinajstić information content (AvgIpc) is 2.16. The van der Waals surface area contributed by atoms with Crippen molar-refractivity contribution in [3.8, 4) is 0 Å². The maximum atomic E-state index is 10.8. The Kier molecular flexibility index (Phi) is 6.25. The third-order valence-electron chi connectivity index (χ3n) is 1.29. The predicted molar refractivity (Wildman–Crippen MR) is 49.8 cm³/mol. The third-order valence-corrected chi connectivity index (χ3v) is 1.93. The molecule has 15 heavy (non-hydrogen) atoms. The van der Waals surface area contributed by atoms with Gasteiger partial charge in [-0.05, 0) is 13.8 Å². The molecule has 0 N–H and O–H groups in total. The molecule has 0 aromatic rings. The molecule has 0 rings (SSSR count). The molecule has 0 aliphatic carbocycles. The highest BCUT2D eigenvalue weighted by molar-refractivity contribution is 7.81. The zero-order valence-electron chi connectivity index (χ0n) is 9.18. The topological polar surface area (TPSA) is 80.3 Å². The van der Waals surface area contributed by atoms with Gasteiger partial charge >= 0.3 is 16.4 Å². The summed E-state index contributed by atoms with van der Waals surface area (Å²) >= 11 is 0. The molecular weight excluding hydrogens is 228 g/mol. The molecule has 8 heteroatoms. The minimum absolute atomic E-state index is 0.271. The Morgan fingerprint density at radius 1 is 1.13 bits per heavy atom. The first-order chi connectivity index (χ1) is 6.89. The quantitative estimate of drug-likeness (QED) is 0.351. The first kappa shape index (κ1) is 14.8. The highest BCUT2D eigenvalue weighted by atomic mass is 32.3. The Bertz CT molecular complexity index is 255. The Labute approximate surface area is 89.5 Å². The normalized spacial score (nSPS) is 13.1. The average molecular weight is 244 g/mol. The summed E-state index contributed by atoms with van der Waals surface area (Å²) in [6, 6.07) is 0. The van der Waals surface area contributed by atoms with Crippen LogP contribution in [0.25, 0.3) is 0 Å². The molecule has 7 nitrogen and oxygen atoms in total. The van der Waals surface area contributed by atoms with Crippen molar-refractivity contribution in [2.24, 2.45) is 0 Å². The van der Waals surface area contributed by atoms with Gasteiger partial charge in [0.25, 0.3) is 0 Å². The summed E-state index contributed by atoms with van der Waals surface area (Å²) in [5.74, 6) is -1.57. The fourth-order valence-electron chi connectivity index (χ4n) is 0.745. The van der Waals surface area contributed by atoms with Gasteiger partial charge in [-0.1, -0.05) is 4.33 Å². The van der Waals surface area contributed by atoms with Crippen LogP contribution in [0.4, 0.5) is 0 Å². The molecule has 0 amide bonds. The van der Waals surface area contributed by atoms with Gasteiger partial charge in [-0.3, -0.25) is 0 Å². The molecule has 0 bridgehead atoms. The van der Waals surface area contributed by atoms with Crippen LogP contribution < -0.4 is 0 Å². The van der Waals surface area contributed by atoms with E-state index in [4.69, 9.17) is 9.47 Å². The molecule has 0 saturated carbocycles. The van der Waals surface area contributed by atoms with Crippen LogP contribution in [0.3, 0.4) is 0 Å². The lowest BCUT2D eigenvalue weighted by molar-refractivity contribution is -0.466. The zero-order chi connectivity index (χ0) is 11.9. The van der Waals surface area contributed by atoms with Crippen LogP contribution in [0.15, 0.2) is 0 Å². The highest BCUT2D eigenvalue weighted by Gasteiger charge is 2.30. The van der Waals surface area contributed by atoms with Gasteiger partial charge in [0.1, 0.15) is 0 Å². The third kappa shape index (κ3) is 6.03. The van der Waals surface area contributed by atoms with E-state index in [-0.39, 0.29) is 13.2 Å². The summed E-state index contributed by atoms with van der Waals surface area (Å²) in [7, 11) is -3.23. The summed E-state index contributed by atoms with van der Waals surface area (Å²) in [6.07, 6.45) is 0. The number of hydrogen-bond acceptors (Lipinski definition) is 7. The largest absolute Gasteiger partial charge is 0.426 e. The van der Waals surface area contributed by atoms with Crippen LogP contribution in [0.2, 0.25) is 0 Å². The fraction of sp³-hybridized carbons (Fsp3) is 1.00. The highest BCUT2D eigenvalue weighted by Crippen LogP contribution is 2.16. The fourth-order valence-corrected chi connectivity index (χ4v) is 1.01. The van der Waals surface area contributed by atoms with E-state index in [9.17, 15) is 8.42 Å². The molecule has 0 aliphatic heterocycles. The van der Waals surface area contributed by atoms with Gasteiger partial charge in [0.05, 0.1) is 7.11 Å². The summed E-state index contributed by atoms with van der Waals surface area (Å²) in [4.78, 5) is 4.51. The van der Waals surface area contributed by atoms with Crippen molar-refractivity contribution < 1.29 is 31.3 Å². The van der Waals surface area contributed by atoms with E-state index in [1.165, 1.54) is 6.92 Å². The summed E-state index contributed by atoms with van der Waals surface area (Å²) in [5, 5.41) is 0. The van der Waals surface area contributed by atoms with Crippen molar-refractivity contribution in [3.63, 3.8) is 0 Å². The molecular formula is C7H16O7S. The first-order valence-electron chi connectivity index (χ1n) is 4.35. The van der Waals surface area contributed by atoms with Crippen molar-refractivity contribution in [3.05, 3.63) is 0 Å². The predicted octanol–water partition coefficient (Wildman–Crippen LogP) is 0.572. The second-order valence-electron chi connectivity index (χ2n) is 2.45. The monoisotopic (exact) mass is 244 g/mol. The molecule has 0 atom stereocenters. The van der Waals surface area contributed by atoms with Gasteiger partial charge in [-0.15, -0.1) is 0 Å². The van der Waals surface area contributed by atoms with E-state index in [1.807, 2.05) is 0 Å². The van der Waals surface area contributed by atoms with E-state index in [2.05, 4.69) is 13.4 Å². The van der Waals surface area contributed by atoms with Crippen molar-refractivity contribution in [1.82, 2.24) is 0 Å². The van der Waals surface area contributed by atoms with Gasteiger partial charge in [-0.2, -0.15) is 13.3 Å². The van der Waals surface area contributed by atoms with Gasteiger partial charge in [0, 0.05) is 20.1 Å². The van der Waals surface area contributed by atoms with Crippen molar-refractivity contribution in [2.45, 2.75) is 26.7 Å². The molecule has 0 heterocycles. The SMILES string of the molecule is CCOC(C)(OCC)OOS(=O)(=O)OC. The van der Waals surface area contributed by atoms with E-state index in [0.717, 1.165) is 7.11 Å². The maximum absolute atomic E-state index is 10.8. The standard InChI is InChI=1S/C7H16O7S/c1-5-11-7(3,12-6-2)13-14-15(8,9)10-4/h5-6H2,1-4H3. The van der Waals surface area contributed by atoms with Crippen LogP contribution in [-0.4, -0.2) is 34.7 Å². The van der Waals surface area contributed by atoms with Crippen molar-refractivity contribution in [1.29, 1.82) is 0 Å². The molecule has 0 aliphatic rings. The Morgan fingerprint density at radius 3 is 1.93 bits per heavy atom. The molecule has 0 aromatic carbocycles. The van der Waals surface area contributed by atoms with E-state index < -0.39 is 16.4 Å². The van der Waals surface area contributed by atoms with Gasteiger partial charge in [0.2, 0.25) is 0 Å². The number of hydrogen-bond donors (Lipinski definition) is 0. The molecule has 0 fully saturated rings. The lowest BCUT2D eigenvalue weighted by atomic mass is 10.6. The first-order valence-corrected chi connectivity index (χ1v) is 5.68. The molecule has 92 valence electrons. The smallest absolute Gasteiger partial charge is 0.326 e. The zero-order valence-corrected chi connectivity index (χ0v) is 10.00. The Hall–Kier alpha value is -0.250. The molecule has 0 saturated heterocycles. The molecule has 0 radical (unpaired) electrons. The number of rotatable bonds is 8. The Morgan fingerprint density at radius 2 is 1.60 bits per heavy atom. The minimum atomic E-state index is -4.17. The lowest BCUT2D eigenvalue weighted by Gasteiger charge is -2.25. The van der Waals surface area contributed by atoms with E-state index >= 15 is 0 Å². The molecule has 0 spiro atoms. The maximum Gasteiger partial charge on any atom is 0.426 e. The second-order valence-corrected chi connectivity index (χ2v) is 3.74. The summed E-state index contributed by atoms with van der Waals surface area (Å²) in [6.45, 7) is 5.32. The lowest BCUT2D eigenvalue weighted by Crippen LogP contribution is -2.36. The van der Waals surface area contributed by atoms with Gasteiger partial charge < -0.3 is 9.47 Å². The summed E-state index contributed by atoms with van der Waals surface area (Å²) in [5.41, 5.74) is 0. The van der Waals surface area contributed by atoms with Gasteiger partial charge in [-0.25, -0.2) is 4.18 Å². The van der Waals surface area contributed by atoms with Gasteiger partial charge in [0.15, 0.2) is 0 Å². The number of ether oxygens (including phenoxy) is 2. The van der Waals surface area contributed by atoms with Crippen LogP contribution in [0.1, 0.15) is 20.8 Å². The van der Waals surface area contributed by atoms with E-state index in [0.29, 0.717) is 0 Å². The van der Waals surface area contributed by atoms with Crippen molar-refractivity contribution in [2.75, 3.05) is 20.3 Å². The second kappa shape index (κ2) is 6.36. The van der Waals surface area contributed by atoms with Crippen LogP contribution in [-0.2, 0) is 33.3 Å².